The van der Waals surface area contributed by atoms with Gasteiger partial charge in [-0.25, -0.2) is 0 Å². The summed E-state index contributed by atoms with van der Waals surface area (Å²) in [5.74, 6) is 2.50. The van der Waals surface area contributed by atoms with Crippen LogP contribution in [0.2, 0.25) is 0 Å². The van der Waals surface area contributed by atoms with Crippen LogP contribution in [-0.2, 0) is 21.7 Å². The van der Waals surface area contributed by atoms with Crippen molar-refractivity contribution in [2.75, 3.05) is 0 Å². The van der Waals surface area contributed by atoms with Gasteiger partial charge in [0.25, 0.3) is 9.03 Å². The normalized spacial score (nSPS) is 17.0. The van der Waals surface area contributed by atoms with Crippen molar-refractivity contribution in [2.45, 2.75) is 115 Å². The molecule has 58 heavy (non-hydrogen) atoms. The topological polar surface area (TPSA) is 18.5 Å². The fraction of sp³-hybridized carbons (Fsp3) is 0.345. The van der Waals surface area contributed by atoms with Crippen LogP contribution in [0.5, 0.6) is 11.5 Å². The van der Waals surface area contributed by atoms with Gasteiger partial charge in [-0.3, -0.25) is 0 Å². The van der Waals surface area contributed by atoms with Gasteiger partial charge in [-0.05, 0) is 52.1 Å². The first-order valence-electron chi connectivity index (χ1n) is 21.5. The summed E-state index contributed by atoms with van der Waals surface area (Å²) in [4.78, 5) is 0. The molecule has 0 saturated heterocycles. The highest BCUT2D eigenvalue weighted by Crippen LogP contribution is 2.57. The zero-order valence-corrected chi connectivity index (χ0v) is 36.9. The van der Waals surface area contributed by atoms with Crippen LogP contribution in [-0.4, -0.2) is 0 Å². The van der Waals surface area contributed by atoms with Gasteiger partial charge in [-0.15, -0.1) is 0 Å². The second-order valence-electron chi connectivity index (χ2n) is 19.0. The molecule has 298 valence electrons. The zero-order chi connectivity index (χ0) is 40.7. The molecule has 6 aromatic rings. The van der Waals surface area contributed by atoms with Crippen molar-refractivity contribution < 1.29 is 9.05 Å². The molecule has 1 fully saturated rings. The summed E-state index contributed by atoms with van der Waals surface area (Å²) in [6, 6.07) is 54.1. The minimum atomic E-state index is -0.338. The Morgan fingerprint density at radius 2 is 0.724 bits per heavy atom. The molecule has 3 heteroatoms. The Morgan fingerprint density at radius 1 is 0.397 bits per heavy atom. The molecule has 2 aliphatic rings. The maximum Gasteiger partial charge on any atom is 0.275 e. The van der Waals surface area contributed by atoms with Gasteiger partial charge < -0.3 is 9.05 Å². The van der Waals surface area contributed by atoms with E-state index >= 15 is 0 Å². The lowest BCUT2D eigenvalue weighted by molar-refractivity contribution is 0.318. The first-order valence-corrected chi connectivity index (χ1v) is 22.3. The van der Waals surface area contributed by atoms with E-state index in [-0.39, 0.29) is 36.6 Å². The Hall–Kier alpha value is -4.65. The van der Waals surface area contributed by atoms with Gasteiger partial charge >= 0.3 is 0 Å². The monoisotopic (exact) mass is 784 g/mol. The summed E-state index contributed by atoms with van der Waals surface area (Å²) in [5, 5.41) is 0. The molecular formula is C55H61O2P. The average molecular weight is 785 g/mol. The SMILES string of the molecule is CC(C)(c1ccccc1)c1cc2c(c(C(C)(C)c3ccccc3)c1)OPOc1c(cc(C(C)(C)c3ccccc3)cc1C(C)(C)c1ccccc1)C2C1CCCCC1. The van der Waals surface area contributed by atoms with Crippen molar-refractivity contribution in [3.05, 3.63) is 201 Å². The summed E-state index contributed by atoms with van der Waals surface area (Å²) < 4.78 is 14.3. The van der Waals surface area contributed by atoms with Gasteiger partial charge in [0.2, 0.25) is 0 Å². The predicted molar refractivity (Wildman–Crippen MR) is 245 cm³/mol. The summed E-state index contributed by atoms with van der Waals surface area (Å²) in [7, 11) is -0.198. The molecule has 0 spiro atoms. The van der Waals surface area contributed by atoms with E-state index in [1.807, 2.05) is 0 Å². The van der Waals surface area contributed by atoms with Gasteiger partial charge in [0.15, 0.2) is 0 Å². The van der Waals surface area contributed by atoms with Crippen LogP contribution in [0.15, 0.2) is 146 Å². The molecule has 0 aromatic heterocycles. The van der Waals surface area contributed by atoms with Crippen LogP contribution in [0.3, 0.4) is 0 Å². The van der Waals surface area contributed by atoms with Crippen LogP contribution in [0.4, 0.5) is 0 Å². The smallest absolute Gasteiger partial charge is 0.275 e. The maximum atomic E-state index is 7.16. The van der Waals surface area contributed by atoms with E-state index < -0.39 is 0 Å². The Balaban J connectivity index is 1.47. The lowest BCUT2D eigenvalue weighted by Gasteiger charge is -2.41. The molecule has 1 aliphatic heterocycles. The third-order valence-electron chi connectivity index (χ3n) is 14.1. The van der Waals surface area contributed by atoms with Crippen molar-refractivity contribution in [3.63, 3.8) is 0 Å². The molecule has 0 unspecified atom stereocenters. The highest BCUT2D eigenvalue weighted by atomic mass is 31.1. The van der Waals surface area contributed by atoms with E-state index in [0.29, 0.717) is 5.92 Å². The van der Waals surface area contributed by atoms with Crippen molar-refractivity contribution in [1.82, 2.24) is 0 Å². The quantitative estimate of drug-likeness (QED) is 0.136. The minimum absolute atomic E-state index is 0.0732. The summed E-state index contributed by atoms with van der Waals surface area (Å²) >= 11 is 0. The third kappa shape index (κ3) is 7.32. The summed E-state index contributed by atoms with van der Waals surface area (Å²) in [6.07, 6.45) is 6.13. The first-order chi connectivity index (χ1) is 27.8. The van der Waals surface area contributed by atoms with Crippen molar-refractivity contribution in [3.8, 4) is 11.5 Å². The fourth-order valence-corrected chi connectivity index (χ4v) is 10.6. The number of fused-ring (bicyclic) bond motifs is 2. The van der Waals surface area contributed by atoms with Crippen LogP contribution < -0.4 is 9.05 Å². The summed E-state index contributed by atoms with van der Waals surface area (Å²) in [5.41, 5.74) is 11.7. The van der Waals surface area contributed by atoms with E-state index in [2.05, 4.69) is 201 Å². The second kappa shape index (κ2) is 15.8. The van der Waals surface area contributed by atoms with Crippen molar-refractivity contribution in [1.29, 1.82) is 0 Å². The molecule has 0 atom stereocenters. The van der Waals surface area contributed by atoms with Crippen LogP contribution in [0.25, 0.3) is 0 Å². The van der Waals surface area contributed by atoms with Gasteiger partial charge in [0.05, 0.1) is 0 Å². The molecule has 6 aromatic carbocycles. The second-order valence-corrected chi connectivity index (χ2v) is 19.6. The molecule has 0 radical (unpaired) electrons. The molecular weight excluding hydrogens is 724 g/mol. The van der Waals surface area contributed by atoms with Gasteiger partial charge in [0.1, 0.15) is 11.5 Å². The van der Waals surface area contributed by atoms with E-state index in [4.69, 9.17) is 9.05 Å². The minimum Gasteiger partial charge on any atom is -0.440 e. The highest BCUT2D eigenvalue weighted by Gasteiger charge is 2.42. The van der Waals surface area contributed by atoms with Crippen molar-refractivity contribution >= 4 is 9.03 Å². The van der Waals surface area contributed by atoms with E-state index in [9.17, 15) is 0 Å². The zero-order valence-electron chi connectivity index (χ0n) is 35.9. The maximum absolute atomic E-state index is 7.16. The van der Waals surface area contributed by atoms with Gasteiger partial charge in [0, 0.05) is 49.8 Å². The van der Waals surface area contributed by atoms with Crippen LogP contribution >= 0.6 is 9.03 Å². The molecule has 1 heterocycles. The molecule has 8 rings (SSSR count). The molecule has 1 aliphatic carbocycles. The lowest BCUT2D eigenvalue weighted by atomic mass is 9.66. The Bertz CT molecular complexity index is 2180. The molecule has 0 amide bonds. The first kappa shape index (κ1) is 40.1. The summed E-state index contributed by atoms with van der Waals surface area (Å²) in [6.45, 7) is 19.0. The number of hydrogen-bond donors (Lipinski definition) is 0. The van der Waals surface area contributed by atoms with Crippen LogP contribution in [0, 0.1) is 5.92 Å². The third-order valence-corrected chi connectivity index (χ3v) is 14.7. The van der Waals surface area contributed by atoms with E-state index in [0.717, 1.165) is 11.5 Å². The standard InChI is InChI=1S/C55H61O2P/c1-52(2,39-26-16-10-17-27-39)43-34-45-49(38-24-14-9-15-25-38)46-35-44(53(3,4)40-28-18-11-19-29-40)37-48(55(7,8)42-32-22-13-23-33-42)51(46)57-58-56-50(45)47(36-43)54(5,6)41-30-20-12-21-31-41/h10-13,16-23,26-38,49,58H,9,14-15,24-25H2,1-8H3. The predicted octanol–water partition coefficient (Wildman–Crippen LogP) is 15.0. The van der Waals surface area contributed by atoms with Crippen LogP contribution in [0.1, 0.15) is 149 Å². The molecule has 2 nitrogen and oxygen atoms in total. The molecule has 1 saturated carbocycles. The Labute approximate surface area is 350 Å². The van der Waals surface area contributed by atoms with Gasteiger partial charge in [-0.1, -0.05) is 220 Å². The fourth-order valence-electron chi connectivity index (χ4n) is 9.95. The van der Waals surface area contributed by atoms with Gasteiger partial charge in [-0.2, -0.15) is 0 Å². The van der Waals surface area contributed by atoms with E-state index in [1.165, 1.54) is 87.7 Å². The molecule has 0 bridgehead atoms. The largest absolute Gasteiger partial charge is 0.440 e. The lowest BCUT2D eigenvalue weighted by Crippen LogP contribution is -2.29. The highest BCUT2D eigenvalue weighted by molar-refractivity contribution is 7.27. The number of benzene rings is 6. The number of hydrogen-bond acceptors (Lipinski definition) is 2. The average Bonchev–Trinajstić information content (AvgIpc) is 3.25. The van der Waals surface area contributed by atoms with Crippen molar-refractivity contribution in [2.24, 2.45) is 5.92 Å². The number of rotatable bonds is 9. The Morgan fingerprint density at radius 3 is 1.07 bits per heavy atom. The van der Waals surface area contributed by atoms with E-state index in [1.54, 1.807) is 0 Å². The molecule has 0 N–H and O–H groups in total. The Kier molecular flexibility index (Phi) is 11.0.